The topological polar surface area (TPSA) is 59.0 Å². The van der Waals surface area contributed by atoms with Crippen LogP contribution < -0.4 is 9.47 Å². The third kappa shape index (κ3) is 4.29. The van der Waals surface area contributed by atoms with Crippen molar-refractivity contribution in [2.45, 2.75) is 45.5 Å². The maximum absolute atomic E-state index is 12.2. The minimum absolute atomic E-state index is 0.127. The number of carboxylic acid groups (broad SMARTS) is 1. The summed E-state index contributed by atoms with van der Waals surface area (Å²) in [6, 6.07) is 5.07. The fourth-order valence-corrected chi connectivity index (χ4v) is 3.24. The van der Waals surface area contributed by atoms with Crippen LogP contribution in [0.3, 0.4) is 0 Å². The zero-order valence-electron chi connectivity index (χ0n) is 14.4. The molecule has 1 aromatic carbocycles. The second-order valence-corrected chi connectivity index (χ2v) is 7.13. The lowest BCUT2D eigenvalue weighted by Gasteiger charge is -2.46. The highest BCUT2D eigenvalue weighted by atomic mass is 19.4. The van der Waals surface area contributed by atoms with Crippen LogP contribution in [0.5, 0.6) is 11.5 Å². The Bertz CT molecular complexity index is 610. The molecule has 1 saturated heterocycles. The van der Waals surface area contributed by atoms with Crippen LogP contribution in [0.4, 0.5) is 18.0 Å². The summed E-state index contributed by atoms with van der Waals surface area (Å²) in [5.74, 6) is 0.0220. The lowest BCUT2D eigenvalue weighted by Crippen LogP contribution is -2.58. The van der Waals surface area contributed by atoms with E-state index in [4.69, 9.17) is 4.74 Å². The van der Waals surface area contributed by atoms with Gasteiger partial charge < -0.3 is 14.6 Å². The molecular formula is C17H22F3NO4. The monoisotopic (exact) mass is 361 g/mol. The molecule has 0 bridgehead atoms. The molecule has 1 N–H and O–H groups in total. The Hall–Kier alpha value is -2.12. The van der Waals surface area contributed by atoms with Gasteiger partial charge in [-0.05, 0) is 42.5 Å². The quantitative estimate of drug-likeness (QED) is 0.856. The van der Waals surface area contributed by atoms with Crippen LogP contribution in [0.2, 0.25) is 0 Å². The minimum atomic E-state index is -4.75. The SMILES string of the molecule is CC(C)(C)[C@]1(COc2ccc(OC(F)(F)F)cc2)CCCN1C(=O)O. The molecule has 140 valence electrons. The smallest absolute Gasteiger partial charge is 0.491 e. The fourth-order valence-electron chi connectivity index (χ4n) is 3.24. The second kappa shape index (κ2) is 6.65. The Labute approximate surface area is 144 Å². The highest BCUT2D eigenvalue weighted by Crippen LogP contribution is 2.44. The van der Waals surface area contributed by atoms with Crippen LogP contribution in [0.15, 0.2) is 24.3 Å². The number of carbonyl (C=O) groups is 1. The van der Waals surface area contributed by atoms with Crippen molar-refractivity contribution in [1.29, 1.82) is 0 Å². The molecule has 1 aliphatic heterocycles. The molecule has 1 amide bonds. The first kappa shape index (κ1) is 19.2. The summed E-state index contributed by atoms with van der Waals surface area (Å²) in [6.45, 7) is 6.43. The molecule has 0 aromatic heterocycles. The highest BCUT2D eigenvalue weighted by molar-refractivity contribution is 5.67. The van der Waals surface area contributed by atoms with E-state index in [1.807, 2.05) is 20.8 Å². The van der Waals surface area contributed by atoms with Gasteiger partial charge in [-0.2, -0.15) is 0 Å². The predicted octanol–water partition coefficient (Wildman–Crippen LogP) is 4.52. The van der Waals surface area contributed by atoms with Gasteiger partial charge in [-0.25, -0.2) is 4.79 Å². The first-order valence-corrected chi connectivity index (χ1v) is 7.94. The average molecular weight is 361 g/mol. The molecule has 1 fully saturated rings. The van der Waals surface area contributed by atoms with Crippen molar-refractivity contribution in [3.63, 3.8) is 0 Å². The summed E-state index contributed by atoms with van der Waals surface area (Å²) in [5, 5.41) is 9.50. The number of amides is 1. The number of hydrogen-bond donors (Lipinski definition) is 1. The number of nitrogens with zero attached hydrogens (tertiary/aromatic N) is 1. The maximum Gasteiger partial charge on any atom is 0.573 e. The van der Waals surface area contributed by atoms with Crippen LogP contribution in [-0.2, 0) is 0 Å². The molecule has 0 radical (unpaired) electrons. The van der Waals surface area contributed by atoms with Crippen LogP contribution in [-0.4, -0.2) is 41.2 Å². The Kier molecular flexibility index (Phi) is 5.11. The van der Waals surface area contributed by atoms with Gasteiger partial charge in [-0.15, -0.1) is 13.2 Å². The standard InChI is InChI=1S/C17H22F3NO4/c1-15(2,3)16(9-4-10-21(16)14(22)23)11-24-12-5-7-13(8-6-12)25-17(18,19)20/h5-8H,4,9-11H2,1-3H3,(H,22,23)/t16-/m1/s1. The van der Waals surface area contributed by atoms with Crippen LogP contribution in [0.1, 0.15) is 33.6 Å². The highest BCUT2D eigenvalue weighted by Gasteiger charge is 2.52. The Morgan fingerprint density at radius 2 is 1.76 bits per heavy atom. The summed E-state index contributed by atoms with van der Waals surface area (Å²) in [6.07, 6.45) is -4.33. The molecule has 0 saturated carbocycles. The number of rotatable bonds is 4. The van der Waals surface area contributed by atoms with E-state index in [2.05, 4.69) is 4.74 Å². The third-order valence-electron chi connectivity index (χ3n) is 4.65. The third-order valence-corrected chi connectivity index (χ3v) is 4.65. The number of alkyl halides is 3. The lowest BCUT2D eigenvalue weighted by atomic mass is 9.72. The minimum Gasteiger partial charge on any atom is -0.491 e. The van der Waals surface area contributed by atoms with E-state index in [0.29, 0.717) is 18.7 Å². The van der Waals surface area contributed by atoms with Crippen LogP contribution in [0, 0.1) is 5.41 Å². The van der Waals surface area contributed by atoms with E-state index < -0.39 is 18.0 Å². The number of halogens is 3. The van der Waals surface area contributed by atoms with E-state index >= 15 is 0 Å². The molecule has 1 heterocycles. The van der Waals surface area contributed by atoms with Crippen molar-refractivity contribution in [1.82, 2.24) is 4.90 Å². The normalized spacial score (nSPS) is 21.3. The first-order valence-electron chi connectivity index (χ1n) is 7.94. The molecule has 2 rings (SSSR count). The second-order valence-electron chi connectivity index (χ2n) is 7.13. The molecule has 5 nitrogen and oxygen atoms in total. The summed E-state index contributed by atoms with van der Waals surface area (Å²) < 4.78 is 46.1. The van der Waals surface area contributed by atoms with Crippen molar-refractivity contribution in [3.8, 4) is 11.5 Å². The molecule has 1 aliphatic rings. The van der Waals surface area contributed by atoms with Gasteiger partial charge in [-0.3, -0.25) is 4.90 Å². The summed E-state index contributed by atoms with van der Waals surface area (Å²) in [5.41, 5.74) is -1.05. The number of benzene rings is 1. The first-order chi connectivity index (χ1) is 11.4. The van der Waals surface area contributed by atoms with Gasteiger partial charge in [0.2, 0.25) is 0 Å². The van der Waals surface area contributed by atoms with Gasteiger partial charge in [0.05, 0.1) is 5.54 Å². The zero-order chi connectivity index (χ0) is 18.9. The molecule has 0 spiro atoms. The molecule has 1 atom stereocenters. The Morgan fingerprint density at radius 1 is 1.20 bits per heavy atom. The number of hydrogen-bond acceptors (Lipinski definition) is 3. The van der Waals surface area contributed by atoms with Crippen molar-refractivity contribution in [3.05, 3.63) is 24.3 Å². The molecule has 1 aromatic rings. The molecule has 25 heavy (non-hydrogen) atoms. The summed E-state index contributed by atoms with van der Waals surface area (Å²) in [4.78, 5) is 13.0. The van der Waals surface area contributed by atoms with E-state index in [9.17, 15) is 23.1 Å². The Morgan fingerprint density at radius 3 is 2.24 bits per heavy atom. The van der Waals surface area contributed by atoms with Gasteiger partial charge in [-0.1, -0.05) is 20.8 Å². The van der Waals surface area contributed by atoms with Crippen LogP contribution in [0.25, 0.3) is 0 Å². The average Bonchev–Trinajstić information content (AvgIpc) is 2.90. The summed E-state index contributed by atoms with van der Waals surface area (Å²) >= 11 is 0. The van der Waals surface area contributed by atoms with Gasteiger partial charge in [0.25, 0.3) is 0 Å². The summed E-state index contributed by atoms with van der Waals surface area (Å²) in [7, 11) is 0. The van der Waals surface area contributed by atoms with Gasteiger partial charge in [0.15, 0.2) is 0 Å². The fraction of sp³-hybridized carbons (Fsp3) is 0.588. The van der Waals surface area contributed by atoms with Crippen LogP contribution >= 0.6 is 0 Å². The predicted molar refractivity (Wildman–Crippen MR) is 84.8 cm³/mol. The van der Waals surface area contributed by atoms with Crippen molar-refractivity contribution in [2.75, 3.05) is 13.2 Å². The van der Waals surface area contributed by atoms with Crippen molar-refractivity contribution >= 4 is 6.09 Å². The van der Waals surface area contributed by atoms with Gasteiger partial charge in [0.1, 0.15) is 18.1 Å². The van der Waals surface area contributed by atoms with Gasteiger partial charge >= 0.3 is 12.5 Å². The van der Waals surface area contributed by atoms with Gasteiger partial charge in [0, 0.05) is 6.54 Å². The van der Waals surface area contributed by atoms with E-state index in [0.717, 1.165) is 18.6 Å². The molecule has 0 aliphatic carbocycles. The molecular weight excluding hydrogens is 339 g/mol. The molecule has 8 heteroatoms. The Balaban J connectivity index is 2.13. The van der Waals surface area contributed by atoms with E-state index in [-0.39, 0.29) is 17.8 Å². The number of likely N-dealkylation sites (tertiary alicyclic amines) is 1. The maximum atomic E-state index is 12.2. The van der Waals surface area contributed by atoms with E-state index in [1.165, 1.54) is 17.0 Å². The van der Waals surface area contributed by atoms with Crippen molar-refractivity contribution in [2.24, 2.45) is 5.41 Å². The zero-order valence-corrected chi connectivity index (χ0v) is 14.4. The lowest BCUT2D eigenvalue weighted by molar-refractivity contribution is -0.274. The van der Waals surface area contributed by atoms with E-state index in [1.54, 1.807) is 0 Å². The molecule has 0 unspecified atom stereocenters. The van der Waals surface area contributed by atoms with Crippen molar-refractivity contribution < 1.29 is 32.5 Å². The number of ether oxygens (including phenoxy) is 2. The largest absolute Gasteiger partial charge is 0.573 e.